The van der Waals surface area contributed by atoms with E-state index >= 15 is 0 Å². The van der Waals surface area contributed by atoms with E-state index in [1.807, 2.05) is 0 Å². The maximum Gasteiger partial charge on any atom is 0.306 e. The molecule has 0 heterocycles. The van der Waals surface area contributed by atoms with Gasteiger partial charge in [0.2, 0.25) is 0 Å². The van der Waals surface area contributed by atoms with Gasteiger partial charge >= 0.3 is 17.9 Å². The summed E-state index contributed by atoms with van der Waals surface area (Å²) < 4.78 is 16.8. The van der Waals surface area contributed by atoms with Crippen molar-refractivity contribution in [3.8, 4) is 0 Å². The van der Waals surface area contributed by atoms with Crippen molar-refractivity contribution >= 4 is 17.9 Å². The molecule has 0 radical (unpaired) electrons. The summed E-state index contributed by atoms with van der Waals surface area (Å²) >= 11 is 0. The average Bonchev–Trinajstić information content (AvgIpc) is 3.30. The number of hydrogen-bond acceptors (Lipinski definition) is 6. The molecule has 0 fully saturated rings. The first-order valence-electron chi connectivity index (χ1n) is 26.0. The summed E-state index contributed by atoms with van der Waals surface area (Å²) in [5.41, 5.74) is 0. The van der Waals surface area contributed by atoms with Crippen molar-refractivity contribution in [2.75, 3.05) is 13.2 Å². The molecule has 366 valence electrons. The van der Waals surface area contributed by atoms with Gasteiger partial charge in [-0.1, -0.05) is 194 Å². The third kappa shape index (κ3) is 50.7. The summed E-state index contributed by atoms with van der Waals surface area (Å²) in [4.78, 5) is 38.0. The van der Waals surface area contributed by atoms with Gasteiger partial charge in [-0.05, 0) is 122 Å². The number of unbranched alkanes of at least 4 members (excludes halogenated alkanes) is 14. The van der Waals surface area contributed by atoms with Crippen LogP contribution in [0.15, 0.2) is 122 Å². The van der Waals surface area contributed by atoms with Crippen LogP contribution in [0.1, 0.15) is 213 Å². The lowest BCUT2D eigenvalue weighted by Crippen LogP contribution is -2.30. The number of allylic oxidation sites excluding steroid dienone is 20. The van der Waals surface area contributed by atoms with Gasteiger partial charge in [-0.3, -0.25) is 14.4 Å². The van der Waals surface area contributed by atoms with E-state index in [-0.39, 0.29) is 31.1 Å². The molecule has 6 heteroatoms. The van der Waals surface area contributed by atoms with Crippen LogP contribution in [0.25, 0.3) is 0 Å². The summed E-state index contributed by atoms with van der Waals surface area (Å²) in [5.74, 6) is -0.973. The lowest BCUT2D eigenvalue weighted by atomic mass is 10.1. The minimum Gasteiger partial charge on any atom is -0.462 e. The number of rotatable bonds is 45. The summed E-state index contributed by atoms with van der Waals surface area (Å²) in [6, 6.07) is 0. The monoisotopic (exact) mass is 899 g/mol. The first kappa shape index (κ1) is 60.8. The van der Waals surface area contributed by atoms with Crippen LogP contribution in [0.5, 0.6) is 0 Å². The van der Waals surface area contributed by atoms with Crippen LogP contribution in [-0.4, -0.2) is 37.2 Å². The van der Waals surface area contributed by atoms with E-state index in [2.05, 4.69) is 142 Å². The number of esters is 3. The standard InChI is InChI=1S/C59H94O6/c1-4-7-10-13-16-19-22-25-27-29-30-31-33-34-37-40-43-46-49-52-58(61)64-55-56(54-63-57(60)51-48-45-42-39-36-24-21-18-15-12-9-6-3)65-59(62)53-50-47-44-41-38-35-32-28-26-23-20-17-14-11-8-5-2/h7-12,16-21,25-28,30-31,34,37,56H,4-6,13-15,22-24,29,32-33,35-36,38-55H2,1-3H3/b10-7-,11-8-,12-9-,19-16-,20-17-,21-18-,27-25-,28-26-,31-30-,37-34-. The highest BCUT2D eigenvalue weighted by atomic mass is 16.6. The maximum atomic E-state index is 12.8. The van der Waals surface area contributed by atoms with E-state index in [1.54, 1.807) is 0 Å². The predicted octanol–water partition coefficient (Wildman–Crippen LogP) is 17.3. The Balaban J connectivity index is 4.49. The van der Waals surface area contributed by atoms with Gasteiger partial charge in [-0.2, -0.15) is 0 Å². The average molecular weight is 899 g/mol. The molecule has 0 amide bonds. The van der Waals surface area contributed by atoms with Crippen molar-refractivity contribution in [3.05, 3.63) is 122 Å². The second kappa shape index (κ2) is 52.4. The zero-order valence-electron chi connectivity index (χ0n) is 41.7. The highest BCUT2D eigenvalue weighted by Crippen LogP contribution is 2.13. The normalized spacial score (nSPS) is 13.1. The predicted molar refractivity (Wildman–Crippen MR) is 279 cm³/mol. The summed E-state index contributed by atoms with van der Waals surface area (Å²) in [5, 5.41) is 0. The molecule has 0 N–H and O–H groups in total. The Bertz CT molecular complexity index is 1400. The number of hydrogen-bond donors (Lipinski definition) is 0. The van der Waals surface area contributed by atoms with Gasteiger partial charge in [0.15, 0.2) is 6.10 Å². The topological polar surface area (TPSA) is 78.9 Å². The minimum atomic E-state index is -0.808. The molecule has 1 unspecified atom stereocenters. The third-order valence-corrected chi connectivity index (χ3v) is 10.4. The summed E-state index contributed by atoms with van der Waals surface area (Å²) in [7, 11) is 0. The van der Waals surface area contributed by atoms with Crippen molar-refractivity contribution < 1.29 is 28.6 Å². The number of carbonyl (C=O) groups is 3. The first-order chi connectivity index (χ1) is 32.0. The maximum absolute atomic E-state index is 12.8. The molecule has 1 atom stereocenters. The third-order valence-electron chi connectivity index (χ3n) is 10.4. The molecule has 0 saturated heterocycles. The van der Waals surface area contributed by atoms with Crippen LogP contribution in [0.3, 0.4) is 0 Å². The lowest BCUT2D eigenvalue weighted by molar-refractivity contribution is -0.167. The Kier molecular flexibility index (Phi) is 49.1. The van der Waals surface area contributed by atoms with Crippen molar-refractivity contribution in [3.63, 3.8) is 0 Å². The second-order valence-electron chi connectivity index (χ2n) is 16.6. The van der Waals surface area contributed by atoms with Crippen LogP contribution in [0, 0.1) is 0 Å². The van der Waals surface area contributed by atoms with E-state index in [9.17, 15) is 14.4 Å². The molecule has 0 aromatic rings. The van der Waals surface area contributed by atoms with Gasteiger partial charge in [-0.15, -0.1) is 0 Å². The quantitative estimate of drug-likeness (QED) is 0.0262. The lowest BCUT2D eigenvalue weighted by Gasteiger charge is -2.18. The fourth-order valence-electron chi connectivity index (χ4n) is 6.64. The van der Waals surface area contributed by atoms with Crippen LogP contribution >= 0.6 is 0 Å². The van der Waals surface area contributed by atoms with E-state index in [4.69, 9.17) is 14.2 Å². The molecule has 0 bridgehead atoms. The minimum absolute atomic E-state index is 0.105. The van der Waals surface area contributed by atoms with Gasteiger partial charge in [0.1, 0.15) is 13.2 Å². The van der Waals surface area contributed by atoms with E-state index in [1.165, 1.54) is 12.8 Å². The van der Waals surface area contributed by atoms with Crippen molar-refractivity contribution in [2.24, 2.45) is 0 Å². The Morgan fingerprint density at radius 3 is 0.877 bits per heavy atom. The van der Waals surface area contributed by atoms with Crippen molar-refractivity contribution in [1.82, 2.24) is 0 Å². The fourth-order valence-corrected chi connectivity index (χ4v) is 6.64. The fraction of sp³-hybridized carbons (Fsp3) is 0.610. The van der Waals surface area contributed by atoms with E-state index in [0.29, 0.717) is 19.3 Å². The molecule has 0 aromatic heterocycles. The molecular weight excluding hydrogens is 805 g/mol. The Morgan fingerprint density at radius 1 is 0.308 bits per heavy atom. The van der Waals surface area contributed by atoms with E-state index in [0.717, 1.165) is 161 Å². The van der Waals surface area contributed by atoms with Gasteiger partial charge in [0, 0.05) is 19.3 Å². The summed E-state index contributed by atoms with van der Waals surface area (Å²) in [6.07, 6.45) is 71.8. The highest BCUT2D eigenvalue weighted by molar-refractivity contribution is 5.71. The molecule has 0 aliphatic carbocycles. The molecule has 0 rings (SSSR count). The SMILES string of the molecule is CC/C=C\C/C=C\C/C=C\C/C=C\C/C=C\CCCCCC(=O)OCC(COC(=O)CCCCCCC/C=C\C/C=C\CC)OC(=O)CCCCCCCC/C=C\C/C=C\C/C=C\CC. The van der Waals surface area contributed by atoms with Crippen molar-refractivity contribution in [2.45, 2.75) is 219 Å². The van der Waals surface area contributed by atoms with Crippen LogP contribution in [0.2, 0.25) is 0 Å². The Morgan fingerprint density at radius 2 is 0.554 bits per heavy atom. The highest BCUT2D eigenvalue weighted by Gasteiger charge is 2.19. The molecular formula is C59H94O6. The van der Waals surface area contributed by atoms with Gasteiger partial charge in [-0.25, -0.2) is 0 Å². The van der Waals surface area contributed by atoms with Crippen LogP contribution in [-0.2, 0) is 28.6 Å². The molecule has 0 spiro atoms. The molecule has 0 aliphatic heterocycles. The number of ether oxygens (including phenoxy) is 3. The zero-order chi connectivity index (χ0) is 47.2. The smallest absolute Gasteiger partial charge is 0.306 e. The van der Waals surface area contributed by atoms with Crippen molar-refractivity contribution in [1.29, 1.82) is 0 Å². The van der Waals surface area contributed by atoms with E-state index < -0.39 is 6.10 Å². The van der Waals surface area contributed by atoms with Gasteiger partial charge < -0.3 is 14.2 Å². The molecule has 0 aromatic carbocycles. The van der Waals surface area contributed by atoms with Crippen LogP contribution < -0.4 is 0 Å². The first-order valence-corrected chi connectivity index (χ1v) is 26.0. The largest absolute Gasteiger partial charge is 0.462 e. The van der Waals surface area contributed by atoms with Crippen LogP contribution in [0.4, 0.5) is 0 Å². The molecule has 0 saturated carbocycles. The number of carbonyl (C=O) groups excluding carboxylic acids is 3. The Hall–Kier alpha value is -4.19. The van der Waals surface area contributed by atoms with Gasteiger partial charge in [0.25, 0.3) is 0 Å². The van der Waals surface area contributed by atoms with Gasteiger partial charge in [0.05, 0.1) is 0 Å². The zero-order valence-corrected chi connectivity index (χ0v) is 41.7. The molecule has 0 aliphatic rings. The Labute approximate surface area is 399 Å². The molecule has 65 heavy (non-hydrogen) atoms. The molecule has 6 nitrogen and oxygen atoms in total. The second-order valence-corrected chi connectivity index (χ2v) is 16.6. The summed E-state index contributed by atoms with van der Waals surface area (Å²) in [6.45, 7) is 6.23.